The third kappa shape index (κ3) is 2.71. The highest BCUT2D eigenvalue weighted by Crippen LogP contribution is 2.74. The van der Waals surface area contributed by atoms with Crippen molar-refractivity contribution in [2.45, 2.75) is 96.3 Å². The first-order valence-electron chi connectivity index (χ1n) is 12.9. The van der Waals surface area contributed by atoms with E-state index in [1.165, 1.54) is 6.42 Å². The first-order chi connectivity index (χ1) is 15.7. The van der Waals surface area contributed by atoms with E-state index in [0.717, 1.165) is 31.3 Å². The fourth-order valence-corrected chi connectivity index (χ4v) is 8.87. The van der Waals surface area contributed by atoms with E-state index in [0.29, 0.717) is 13.0 Å². The third-order valence-corrected chi connectivity index (χ3v) is 10.0. The normalized spacial score (nSPS) is 54.5. The van der Waals surface area contributed by atoms with Crippen LogP contribution in [0.5, 0.6) is 0 Å². The highest BCUT2D eigenvalue weighted by Gasteiger charge is 2.81. The maximum Gasteiger partial charge on any atom is 0.227 e. The quantitative estimate of drug-likeness (QED) is 0.494. The first kappa shape index (κ1) is 23.9. The van der Waals surface area contributed by atoms with Crippen LogP contribution in [-0.2, 0) is 18.9 Å². The van der Waals surface area contributed by atoms with Gasteiger partial charge in [-0.3, -0.25) is 0 Å². The van der Waals surface area contributed by atoms with Gasteiger partial charge in [-0.25, -0.2) is 4.39 Å². The van der Waals surface area contributed by atoms with Crippen LogP contribution in [0.15, 0.2) is 23.8 Å². The summed E-state index contributed by atoms with van der Waals surface area (Å²) in [7, 11) is 0. The number of aliphatic hydroxyl groups is 1. The predicted octanol–water partition coefficient (Wildman–Crippen LogP) is 5.28. The minimum Gasteiger partial charge on any atom is -0.390 e. The molecule has 4 aliphatic carbocycles. The monoisotopic (exact) mass is 464 g/mol. The van der Waals surface area contributed by atoms with Crippen molar-refractivity contribution in [3.05, 3.63) is 23.8 Å². The SMILES string of the molecule is CCC.C[C@@H]1C[C@H]2[C@@H]3CCC4=CCC=C[C@]4(C)[C@@]3(F)[C@@H](O)C[C@]2(C)[C@]12OCOC21COCO1. The summed E-state index contributed by atoms with van der Waals surface area (Å²) in [6.07, 6.45) is 10.1. The highest BCUT2D eigenvalue weighted by molar-refractivity contribution is 5.38. The number of hydrogen-bond acceptors (Lipinski definition) is 5. The first-order valence-corrected chi connectivity index (χ1v) is 12.9. The number of ether oxygens (including phenoxy) is 4. The molecule has 0 aromatic carbocycles. The lowest BCUT2D eigenvalue weighted by molar-refractivity contribution is -0.277. The van der Waals surface area contributed by atoms with Gasteiger partial charge in [0.15, 0.2) is 19.3 Å². The van der Waals surface area contributed by atoms with E-state index < -0.39 is 34.0 Å². The summed E-state index contributed by atoms with van der Waals surface area (Å²) in [6, 6.07) is 0. The fourth-order valence-electron chi connectivity index (χ4n) is 8.87. The maximum absolute atomic E-state index is 17.2. The standard InChI is InChI=1S/C24H33FO5.C3H8/c1-15-10-18-17-8-7-16-6-4-5-9-20(16,2)23(17,25)19(26)11-21(18,3)24(15)22(29-14-30-24)12-27-13-28-22;1-3-2/h5-6,9,15,17-19,26H,4,7-8,10-14H2,1-3H3;3H2,1-2H3/t15-,17+,18+,19+,20+,21+,22?,23+,24-;/m1./s1. The highest BCUT2D eigenvalue weighted by atomic mass is 19.1. The van der Waals surface area contributed by atoms with Gasteiger partial charge in [-0.15, -0.1) is 0 Å². The Kier molecular flexibility index (Phi) is 5.70. The summed E-state index contributed by atoms with van der Waals surface area (Å²) in [5.74, 6) is -1.02. The van der Waals surface area contributed by atoms with Crippen LogP contribution in [0.3, 0.4) is 0 Å². The Morgan fingerprint density at radius 3 is 2.55 bits per heavy atom. The van der Waals surface area contributed by atoms with Crippen molar-refractivity contribution in [1.82, 2.24) is 0 Å². The van der Waals surface area contributed by atoms with Crippen molar-refractivity contribution in [2.24, 2.45) is 28.6 Å². The number of rotatable bonds is 0. The zero-order chi connectivity index (χ0) is 23.7. The predicted molar refractivity (Wildman–Crippen MR) is 123 cm³/mol. The van der Waals surface area contributed by atoms with Crippen LogP contribution in [-0.4, -0.2) is 48.5 Å². The average molecular weight is 465 g/mol. The van der Waals surface area contributed by atoms with Gasteiger partial charge >= 0.3 is 0 Å². The summed E-state index contributed by atoms with van der Waals surface area (Å²) in [4.78, 5) is 0. The Balaban J connectivity index is 0.000000724. The molecule has 6 aliphatic rings. The molecule has 0 bridgehead atoms. The Morgan fingerprint density at radius 1 is 1.12 bits per heavy atom. The van der Waals surface area contributed by atoms with Gasteiger partial charge in [-0.1, -0.05) is 57.9 Å². The molecule has 3 saturated carbocycles. The molecule has 5 fully saturated rings. The summed E-state index contributed by atoms with van der Waals surface area (Å²) in [6.45, 7) is 11.2. The Hall–Kier alpha value is -0.790. The van der Waals surface area contributed by atoms with Crippen molar-refractivity contribution in [2.75, 3.05) is 20.2 Å². The number of hydrogen-bond donors (Lipinski definition) is 1. The van der Waals surface area contributed by atoms with Crippen LogP contribution in [0, 0.1) is 28.6 Å². The van der Waals surface area contributed by atoms with Gasteiger partial charge in [0.1, 0.15) is 12.2 Å². The van der Waals surface area contributed by atoms with Crippen molar-refractivity contribution in [3.63, 3.8) is 0 Å². The second kappa shape index (κ2) is 7.86. The van der Waals surface area contributed by atoms with Crippen LogP contribution in [0.2, 0.25) is 0 Å². The molecule has 1 N–H and O–H groups in total. The number of fused-ring (bicyclic) bond motifs is 7. The molecule has 33 heavy (non-hydrogen) atoms. The number of alkyl halides is 1. The maximum atomic E-state index is 17.2. The van der Waals surface area contributed by atoms with E-state index >= 15 is 4.39 Å². The van der Waals surface area contributed by atoms with E-state index in [9.17, 15) is 5.11 Å². The molecule has 0 amide bonds. The summed E-state index contributed by atoms with van der Waals surface area (Å²) in [5.41, 5.74) is -2.49. The molecular formula is C27H41FO5. The number of halogens is 1. The number of aliphatic hydroxyl groups excluding tert-OH is 1. The molecule has 2 heterocycles. The van der Waals surface area contributed by atoms with Crippen LogP contribution in [0.1, 0.15) is 73.1 Å². The lowest BCUT2D eigenvalue weighted by Gasteiger charge is -2.63. The molecule has 9 atom stereocenters. The average Bonchev–Trinajstić information content (AvgIpc) is 3.46. The smallest absolute Gasteiger partial charge is 0.227 e. The molecule has 1 unspecified atom stereocenters. The van der Waals surface area contributed by atoms with E-state index in [-0.39, 0.29) is 31.3 Å². The minimum absolute atomic E-state index is 0.0809. The van der Waals surface area contributed by atoms with Crippen LogP contribution < -0.4 is 0 Å². The van der Waals surface area contributed by atoms with Gasteiger partial charge in [0.25, 0.3) is 0 Å². The van der Waals surface area contributed by atoms with E-state index in [4.69, 9.17) is 18.9 Å². The van der Waals surface area contributed by atoms with Crippen LogP contribution in [0.4, 0.5) is 4.39 Å². The van der Waals surface area contributed by atoms with E-state index in [2.05, 4.69) is 39.8 Å². The molecule has 5 nitrogen and oxygen atoms in total. The van der Waals surface area contributed by atoms with E-state index in [1.54, 1.807) is 0 Å². The topological polar surface area (TPSA) is 57.2 Å². The van der Waals surface area contributed by atoms with Gasteiger partial charge < -0.3 is 24.1 Å². The van der Waals surface area contributed by atoms with Crippen molar-refractivity contribution >= 4 is 0 Å². The molecule has 0 aromatic heterocycles. The third-order valence-electron chi connectivity index (χ3n) is 10.0. The Labute approximate surface area is 197 Å². The molecule has 186 valence electrons. The van der Waals surface area contributed by atoms with Gasteiger partial charge in [-0.05, 0) is 50.9 Å². The van der Waals surface area contributed by atoms with Crippen LogP contribution >= 0.6 is 0 Å². The van der Waals surface area contributed by atoms with Crippen molar-refractivity contribution in [1.29, 1.82) is 0 Å². The zero-order valence-corrected chi connectivity index (χ0v) is 20.9. The zero-order valence-electron chi connectivity index (χ0n) is 20.9. The molecule has 6 rings (SSSR count). The second-order valence-corrected chi connectivity index (χ2v) is 11.6. The fraction of sp³-hybridized carbons (Fsp3) is 0.852. The second-order valence-electron chi connectivity index (χ2n) is 11.6. The van der Waals surface area contributed by atoms with Crippen molar-refractivity contribution in [3.8, 4) is 0 Å². The van der Waals surface area contributed by atoms with Crippen molar-refractivity contribution < 1.29 is 28.4 Å². The largest absolute Gasteiger partial charge is 0.390 e. The lowest BCUT2D eigenvalue weighted by atomic mass is 9.44. The van der Waals surface area contributed by atoms with Gasteiger partial charge in [0.05, 0.1) is 6.10 Å². The van der Waals surface area contributed by atoms with Gasteiger partial charge in [-0.2, -0.15) is 0 Å². The lowest BCUT2D eigenvalue weighted by Crippen LogP contribution is -2.71. The van der Waals surface area contributed by atoms with Crippen LogP contribution in [0.25, 0.3) is 0 Å². The Morgan fingerprint density at radius 2 is 1.85 bits per heavy atom. The summed E-state index contributed by atoms with van der Waals surface area (Å²) >= 11 is 0. The minimum atomic E-state index is -1.68. The molecular weight excluding hydrogens is 423 g/mol. The summed E-state index contributed by atoms with van der Waals surface area (Å²) < 4.78 is 41.4. The molecule has 2 spiro atoms. The Bertz CT molecular complexity index is 831. The molecule has 0 radical (unpaired) electrons. The molecule has 6 heteroatoms. The molecule has 2 saturated heterocycles. The van der Waals surface area contributed by atoms with E-state index in [1.807, 2.05) is 13.0 Å². The molecule has 2 aliphatic heterocycles. The summed E-state index contributed by atoms with van der Waals surface area (Å²) in [5, 5.41) is 11.5. The number of allylic oxidation sites excluding steroid dienone is 4. The molecule has 0 aromatic rings. The van der Waals surface area contributed by atoms with Gasteiger partial charge in [0, 0.05) is 16.7 Å². The van der Waals surface area contributed by atoms with Gasteiger partial charge in [0.2, 0.25) is 5.79 Å².